The molecule has 0 aromatic heterocycles. The summed E-state index contributed by atoms with van der Waals surface area (Å²) in [6, 6.07) is 8.51. The number of benzene rings is 1. The molecule has 1 amide bonds. The second kappa shape index (κ2) is 8.02. The Bertz CT molecular complexity index is 550. The first-order valence-electron chi connectivity index (χ1n) is 9.34. The van der Waals surface area contributed by atoms with Gasteiger partial charge in [-0.15, -0.1) is 0 Å². The minimum atomic E-state index is 0.150. The van der Waals surface area contributed by atoms with Crippen molar-refractivity contribution in [1.82, 2.24) is 10.2 Å². The zero-order chi connectivity index (χ0) is 16.9. The monoisotopic (exact) mass is 330 g/mol. The van der Waals surface area contributed by atoms with Crippen molar-refractivity contribution in [2.24, 2.45) is 11.8 Å². The maximum atomic E-state index is 12.4. The van der Waals surface area contributed by atoms with Gasteiger partial charge in [0.1, 0.15) is 5.75 Å². The molecular formula is C20H30N2O2. The molecule has 1 aliphatic heterocycles. The lowest BCUT2D eigenvalue weighted by Crippen LogP contribution is -2.42. The number of nitrogens with zero attached hydrogens (tertiary/aromatic N) is 1. The number of piperidine rings is 1. The van der Waals surface area contributed by atoms with E-state index in [0.29, 0.717) is 12.5 Å². The van der Waals surface area contributed by atoms with Gasteiger partial charge in [-0.25, -0.2) is 0 Å². The van der Waals surface area contributed by atoms with Crippen LogP contribution in [0.25, 0.3) is 0 Å². The Morgan fingerprint density at radius 1 is 1.29 bits per heavy atom. The predicted molar refractivity (Wildman–Crippen MR) is 96.1 cm³/mol. The molecule has 2 fully saturated rings. The molecule has 132 valence electrons. The molecule has 1 aliphatic carbocycles. The van der Waals surface area contributed by atoms with Crippen molar-refractivity contribution < 1.29 is 9.53 Å². The Labute approximate surface area is 145 Å². The predicted octanol–water partition coefficient (Wildman–Crippen LogP) is 3.38. The summed E-state index contributed by atoms with van der Waals surface area (Å²) in [5.41, 5.74) is 1.23. The number of nitrogens with one attached hydrogen (secondary N) is 1. The highest BCUT2D eigenvalue weighted by molar-refractivity contribution is 5.78. The normalized spacial score (nSPS) is 21.1. The Morgan fingerprint density at radius 2 is 2.04 bits per heavy atom. The summed E-state index contributed by atoms with van der Waals surface area (Å²) in [6.07, 6.45) is 6.21. The first-order chi connectivity index (χ1) is 11.7. The van der Waals surface area contributed by atoms with E-state index in [4.69, 9.17) is 4.74 Å². The summed E-state index contributed by atoms with van der Waals surface area (Å²) in [5.74, 6) is 1.85. The fourth-order valence-electron chi connectivity index (χ4n) is 3.71. The number of carbonyl (C=O) groups excluding carboxylic acids is 1. The molecule has 4 heteroatoms. The number of amides is 1. The van der Waals surface area contributed by atoms with E-state index in [1.165, 1.54) is 37.7 Å². The molecule has 0 bridgehead atoms. The van der Waals surface area contributed by atoms with Crippen LogP contribution in [-0.4, -0.2) is 37.6 Å². The van der Waals surface area contributed by atoms with Gasteiger partial charge in [-0.3, -0.25) is 9.69 Å². The van der Waals surface area contributed by atoms with Crippen LogP contribution in [-0.2, 0) is 4.79 Å². The maximum Gasteiger partial charge on any atom is 0.223 e. The summed E-state index contributed by atoms with van der Waals surface area (Å²) in [5, 5.41) is 3.22. The number of carbonyl (C=O) groups is 1. The van der Waals surface area contributed by atoms with Gasteiger partial charge in [0.2, 0.25) is 5.91 Å². The summed E-state index contributed by atoms with van der Waals surface area (Å²) in [6.45, 7) is 4.96. The summed E-state index contributed by atoms with van der Waals surface area (Å²) >= 11 is 0. The van der Waals surface area contributed by atoms with Crippen LogP contribution < -0.4 is 10.1 Å². The topological polar surface area (TPSA) is 41.6 Å². The van der Waals surface area contributed by atoms with Crippen LogP contribution in [0, 0.1) is 11.8 Å². The summed E-state index contributed by atoms with van der Waals surface area (Å²) in [7, 11) is 1.70. The fraction of sp³-hybridized carbons (Fsp3) is 0.650. The third kappa shape index (κ3) is 4.29. The minimum Gasteiger partial charge on any atom is -0.497 e. The first kappa shape index (κ1) is 17.3. The third-order valence-electron chi connectivity index (χ3n) is 5.52. The number of ether oxygens (including phenoxy) is 1. The van der Waals surface area contributed by atoms with Crippen LogP contribution in [0.4, 0.5) is 0 Å². The minimum absolute atomic E-state index is 0.150. The van der Waals surface area contributed by atoms with Gasteiger partial charge in [0.25, 0.3) is 0 Å². The molecule has 1 saturated heterocycles. The SMILES string of the molecule is COc1cccc(C(CNC(=O)C(C)C2CC2)N2CCCCC2)c1. The summed E-state index contributed by atoms with van der Waals surface area (Å²) < 4.78 is 5.39. The first-order valence-corrected chi connectivity index (χ1v) is 9.34. The van der Waals surface area contributed by atoms with Crippen molar-refractivity contribution in [1.29, 1.82) is 0 Å². The van der Waals surface area contributed by atoms with Crippen LogP contribution in [0.1, 0.15) is 50.6 Å². The highest BCUT2D eigenvalue weighted by Crippen LogP contribution is 2.36. The van der Waals surface area contributed by atoms with E-state index >= 15 is 0 Å². The molecule has 3 rings (SSSR count). The smallest absolute Gasteiger partial charge is 0.223 e. The zero-order valence-corrected chi connectivity index (χ0v) is 15.0. The van der Waals surface area contributed by atoms with Crippen LogP contribution in [0.15, 0.2) is 24.3 Å². The van der Waals surface area contributed by atoms with Gasteiger partial charge in [0.15, 0.2) is 0 Å². The van der Waals surface area contributed by atoms with Gasteiger partial charge < -0.3 is 10.1 Å². The molecule has 1 heterocycles. The van der Waals surface area contributed by atoms with Crippen molar-refractivity contribution in [2.75, 3.05) is 26.7 Å². The highest BCUT2D eigenvalue weighted by Gasteiger charge is 2.33. The Kier molecular flexibility index (Phi) is 5.77. The van der Waals surface area contributed by atoms with E-state index < -0.39 is 0 Å². The lowest BCUT2D eigenvalue weighted by Gasteiger charge is -2.35. The molecule has 1 aromatic rings. The standard InChI is InChI=1S/C20H30N2O2/c1-15(16-9-10-16)20(23)21-14-19(22-11-4-3-5-12-22)17-7-6-8-18(13-17)24-2/h6-8,13,15-16,19H,3-5,9-12,14H2,1-2H3,(H,21,23). The number of likely N-dealkylation sites (tertiary alicyclic amines) is 1. The van der Waals surface area contributed by atoms with Gasteiger partial charge >= 0.3 is 0 Å². The zero-order valence-electron chi connectivity index (χ0n) is 15.0. The van der Waals surface area contributed by atoms with Crippen LogP contribution in [0.2, 0.25) is 0 Å². The highest BCUT2D eigenvalue weighted by atomic mass is 16.5. The Balaban J connectivity index is 1.69. The average molecular weight is 330 g/mol. The third-order valence-corrected chi connectivity index (χ3v) is 5.52. The number of hydrogen-bond acceptors (Lipinski definition) is 3. The average Bonchev–Trinajstić information content (AvgIpc) is 3.47. The molecular weight excluding hydrogens is 300 g/mol. The maximum absolute atomic E-state index is 12.4. The Morgan fingerprint density at radius 3 is 2.71 bits per heavy atom. The van der Waals surface area contributed by atoms with Crippen molar-refractivity contribution >= 4 is 5.91 Å². The van der Waals surface area contributed by atoms with E-state index in [1.807, 2.05) is 12.1 Å². The molecule has 0 spiro atoms. The van der Waals surface area contributed by atoms with Gasteiger partial charge in [-0.05, 0) is 62.4 Å². The van der Waals surface area contributed by atoms with Crippen molar-refractivity contribution in [3.05, 3.63) is 29.8 Å². The van der Waals surface area contributed by atoms with E-state index in [-0.39, 0.29) is 17.9 Å². The summed E-state index contributed by atoms with van der Waals surface area (Å²) in [4.78, 5) is 14.9. The number of hydrogen-bond donors (Lipinski definition) is 1. The fourth-order valence-corrected chi connectivity index (χ4v) is 3.71. The molecule has 0 radical (unpaired) electrons. The molecule has 2 aliphatic rings. The molecule has 4 nitrogen and oxygen atoms in total. The second-order valence-electron chi connectivity index (χ2n) is 7.26. The molecule has 1 saturated carbocycles. The number of rotatable bonds is 7. The Hall–Kier alpha value is -1.55. The van der Waals surface area contributed by atoms with Gasteiger partial charge in [-0.2, -0.15) is 0 Å². The molecule has 2 atom stereocenters. The van der Waals surface area contributed by atoms with Gasteiger partial charge in [0.05, 0.1) is 13.2 Å². The molecule has 1 N–H and O–H groups in total. The van der Waals surface area contributed by atoms with E-state index in [9.17, 15) is 4.79 Å². The lowest BCUT2D eigenvalue weighted by atomic mass is 10.0. The van der Waals surface area contributed by atoms with Crippen LogP contribution >= 0.6 is 0 Å². The molecule has 1 aromatic carbocycles. The van der Waals surface area contributed by atoms with E-state index in [2.05, 4.69) is 29.3 Å². The quantitative estimate of drug-likeness (QED) is 0.833. The van der Waals surface area contributed by atoms with E-state index in [1.54, 1.807) is 7.11 Å². The largest absolute Gasteiger partial charge is 0.497 e. The van der Waals surface area contributed by atoms with Crippen molar-refractivity contribution in [3.8, 4) is 5.75 Å². The molecule has 24 heavy (non-hydrogen) atoms. The number of methoxy groups -OCH3 is 1. The van der Waals surface area contributed by atoms with E-state index in [0.717, 1.165) is 18.8 Å². The van der Waals surface area contributed by atoms with Crippen LogP contribution in [0.3, 0.4) is 0 Å². The van der Waals surface area contributed by atoms with Gasteiger partial charge in [-0.1, -0.05) is 25.5 Å². The van der Waals surface area contributed by atoms with Crippen molar-refractivity contribution in [3.63, 3.8) is 0 Å². The second-order valence-corrected chi connectivity index (χ2v) is 7.26. The lowest BCUT2D eigenvalue weighted by molar-refractivity contribution is -0.125. The molecule has 2 unspecified atom stereocenters. The van der Waals surface area contributed by atoms with Gasteiger partial charge in [0, 0.05) is 12.5 Å². The van der Waals surface area contributed by atoms with Crippen molar-refractivity contribution in [2.45, 2.75) is 45.1 Å². The van der Waals surface area contributed by atoms with Crippen LogP contribution in [0.5, 0.6) is 5.75 Å².